The van der Waals surface area contributed by atoms with Gasteiger partial charge >= 0.3 is 6.18 Å². The van der Waals surface area contributed by atoms with Crippen LogP contribution in [0, 0.1) is 6.07 Å². The van der Waals surface area contributed by atoms with E-state index in [1.54, 1.807) is 12.1 Å². The maximum absolute atomic E-state index is 12.4. The third-order valence-corrected chi connectivity index (χ3v) is 2.06. The van der Waals surface area contributed by atoms with Gasteiger partial charge in [-0.1, -0.05) is 30.4 Å². The number of halogens is 3. The third kappa shape index (κ3) is 1.34. The van der Waals surface area contributed by atoms with Gasteiger partial charge in [0.1, 0.15) is 0 Å². The third-order valence-electron chi connectivity index (χ3n) is 2.06. The molecule has 1 aliphatic carbocycles. The van der Waals surface area contributed by atoms with E-state index in [0.29, 0.717) is 11.1 Å². The number of rotatable bonds is 0. The van der Waals surface area contributed by atoms with Crippen LogP contribution >= 0.6 is 0 Å². The van der Waals surface area contributed by atoms with Crippen LogP contribution in [0.25, 0.3) is 6.08 Å². The smallest absolute Gasteiger partial charge is 0.170 e. The zero-order valence-corrected chi connectivity index (χ0v) is 6.60. The standard InChI is InChI=1S/C10H6F3/c11-10(12,13)9-6-5-7-3-1-2-4-8(7)9/h1-2,4-6,9H. The summed E-state index contributed by atoms with van der Waals surface area (Å²) in [7, 11) is 0. The molecule has 13 heavy (non-hydrogen) atoms. The van der Waals surface area contributed by atoms with Crippen LogP contribution < -0.4 is 0 Å². The Morgan fingerprint density at radius 2 is 2.08 bits per heavy atom. The van der Waals surface area contributed by atoms with Gasteiger partial charge in [0.25, 0.3) is 0 Å². The van der Waals surface area contributed by atoms with Crippen molar-refractivity contribution in [1.82, 2.24) is 0 Å². The molecular formula is C10H6F3. The van der Waals surface area contributed by atoms with Crippen LogP contribution in [0.3, 0.4) is 0 Å². The van der Waals surface area contributed by atoms with Crippen molar-refractivity contribution in [1.29, 1.82) is 0 Å². The molecule has 0 heterocycles. The molecule has 1 aromatic rings. The Bertz CT molecular complexity index is 349. The second-order valence-electron chi connectivity index (χ2n) is 2.92. The van der Waals surface area contributed by atoms with Gasteiger partial charge in [-0.15, -0.1) is 0 Å². The Kier molecular flexibility index (Phi) is 1.68. The average molecular weight is 183 g/mol. The highest BCUT2D eigenvalue weighted by molar-refractivity contribution is 5.62. The highest BCUT2D eigenvalue weighted by atomic mass is 19.4. The lowest BCUT2D eigenvalue weighted by molar-refractivity contribution is -0.138. The quantitative estimate of drug-likeness (QED) is 0.579. The summed E-state index contributed by atoms with van der Waals surface area (Å²) in [4.78, 5) is 0. The van der Waals surface area contributed by atoms with Gasteiger partial charge in [-0.3, -0.25) is 0 Å². The Morgan fingerprint density at radius 3 is 2.77 bits per heavy atom. The molecule has 0 N–H and O–H groups in total. The number of allylic oxidation sites excluding steroid dienone is 1. The van der Waals surface area contributed by atoms with E-state index >= 15 is 0 Å². The molecule has 0 nitrogen and oxygen atoms in total. The molecular weight excluding hydrogens is 177 g/mol. The summed E-state index contributed by atoms with van der Waals surface area (Å²) in [5, 5.41) is 0. The van der Waals surface area contributed by atoms with Gasteiger partial charge in [-0.2, -0.15) is 13.2 Å². The molecule has 67 valence electrons. The van der Waals surface area contributed by atoms with E-state index < -0.39 is 12.1 Å². The maximum Gasteiger partial charge on any atom is 0.399 e. The van der Waals surface area contributed by atoms with Gasteiger partial charge in [-0.05, 0) is 17.2 Å². The predicted molar refractivity (Wildman–Crippen MR) is 43.1 cm³/mol. The molecule has 0 spiro atoms. The molecule has 2 rings (SSSR count). The van der Waals surface area contributed by atoms with Crippen molar-refractivity contribution in [3.8, 4) is 0 Å². The molecule has 0 bridgehead atoms. The molecule has 0 amide bonds. The molecule has 0 saturated carbocycles. The zero-order chi connectivity index (χ0) is 9.47. The summed E-state index contributed by atoms with van der Waals surface area (Å²) in [6, 6.07) is 7.44. The van der Waals surface area contributed by atoms with Crippen molar-refractivity contribution in [3.05, 3.63) is 41.5 Å². The van der Waals surface area contributed by atoms with E-state index in [1.165, 1.54) is 18.2 Å². The normalized spacial score (nSPS) is 20.4. The summed E-state index contributed by atoms with van der Waals surface area (Å²) in [6.07, 6.45) is -1.55. The van der Waals surface area contributed by atoms with Crippen molar-refractivity contribution in [2.24, 2.45) is 0 Å². The minimum absolute atomic E-state index is 0.301. The Morgan fingerprint density at radius 1 is 1.31 bits per heavy atom. The molecule has 1 aromatic carbocycles. The molecule has 3 heteroatoms. The fourth-order valence-electron chi connectivity index (χ4n) is 1.46. The lowest BCUT2D eigenvalue weighted by Gasteiger charge is -2.14. The first-order valence-electron chi connectivity index (χ1n) is 3.84. The summed E-state index contributed by atoms with van der Waals surface area (Å²) < 4.78 is 37.1. The molecule has 0 aromatic heterocycles. The van der Waals surface area contributed by atoms with Crippen LogP contribution in [0.2, 0.25) is 0 Å². The van der Waals surface area contributed by atoms with Gasteiger partial charge in [0.05, 0.1) is 5.92 Å². The Labute approximate surface area is 73.7 Å². The molecule has 1 atom stereocenters. The summed E-state index contributed by atoms with van der Waals surface area (Å²) in [6.45, 7) is 0. The van der Waals surface area contributed by atoms with Crippen molar-refractivity contribution < 1.29 is 13.2 Å². The molecule has 1 aliphatic rings. The average Bonchev–Trinajstić information content (AvgIpc) is 2.45. The number of hydrogen-bond acceptors (Lipinski definition) is 0. The van der Waals surface area contributed by atoms with Gasteiger partial charge in [-0.25, -0.2) is 0 Å². The first-order valence-corrected chi connectivity index (χ1v) is 3.84. The zero-order valence-electron chi connectivity index (χ0n) is 6.60. The van der Waals surface area contributed by atoms with Crippen LogP contribution in [0.4, 0.5) is 13.2 Å². The van der Waals surface area contributed by atoms with Gasteiger partial charge < -0.3 is 0 Å². The second-order valence-corrected chi connectivity index (χ2v) is 2.92. The SMILES string of the molecule is FC(F)(F)C1C=Cc2[c]cccc21. The minimum Gasteiger partial charge on any atom is -0.170 e. The lowest BCUT2D eigenvalue weighted by atomic mass is 10.0. The topological polar surface area (TPSA) is 0 Å². The van der Waals surface area contributed by atoms with E-state index in [0.717, 1.165) is 0 Å². The van der Waals surface area contributed by atoms with Crippen molar-refractivity contribution in [2.75, 3.05) is 0 Å². The first-order chi connectivity index (χ1) is 6.09. The molecule has 0 fully saturated rings. The lowest BCUT2D eigenvalue weighted by Crippen LogP contribution is -2.17. The van der Waals surface area contributed by atoms with Gasteiger partial charge in [0, 0.05) is 0 Å². The van der Waals surface area contributed by atoms with E-state index in [2.05, 4.69) is 6.07 Å². The first kappa shape index (κ1) is 8.35. The number of alkyl halides is 3. The summed E-state index contributed by atoms with van der Waals surface area (Å²) in [5.74, 6) is -1.44. The van der Waals surface area contributed by atoms with Crippen molar-refractivity contribution >= 4 is 6.08 Å². The summed E-state index contributed by atoms with van der Waals surface area (Å²) in [5.41, 5.74) is 0.847. The highest BCUT2D eigenvalue weighted by Crippen LogP contribution is 2.41. The van der Waals surface area contributed by atoms with E-state index in [9.17, 15) is 13.2 Å². The van der Waals surface area contributed by atoms with Gasteiger partial charge in [0.2, 0.25) is 0 Å². The maximum atomic E-state index is 12.4. The molecule has 1 radical (unpaired) electrons. The molecule has 0 aliphatic heterocycles. The highest BCUT2D eigenvalue weighted by Gasteiger charge is 2.41. The van der Waals surface area contributed by atoms with E-state index in [4.69, 9.17) is 0 Å². The summed E-state index contributed by atoms with van der Waals surface area (Å²) >= 11 is 0. The Balaban J connectivity index is 2.45. The predicted octanol–water partition coefficient (Wildman–Crippen LogP) is 3.16. The largest absolute Gasteiger partial charge is 0.399 e. The fraction of sp³-hybridized carbons (Fsp3) is 0.200. The van der Waals surface area contributed by atoms with E-state index in [1.807, 2.05) is 0 Å². The Hall–Kier alpha value is -1.25. The monoisotopic (exact) mass is 183 g/mol. The minimum atomic E-state index is -4.18. The molecule has 1 unspecified atom stereocenters. The van der Waals surface area contributed by atoms with Crippen LogP contribution in [-0.4, -0.2) is 6.18 Å². The second kappa shape index (κ2) is 2.62. The number of benzene rings is 1. The van der Waals surface area contributed by atoms with Crippen LogP contribution in [0.5, 0.6) is 0 Å². The van der Waals surface area contributed by atoms with Crippen LogP contribution in [0.15, 0.2) is 24.3 Å². The van der Waals surface area contributed by atoms with E-state index in [-0.39, 0.29) is 0 Å². The van der Waals surface area contributed by atoms with Crippen LogP contribution in [-0.2, 0) is 0 Å². The van der Waals surface area contributed by atoms with Crippen molar-refractivity contribution in [3.63, 3.8) is 0 Å². The fourth-order valence-corrected chi connectivity index (χ4v) is 1.46. The number of fused-ring (bicyclic) bond motifs is 1. The van der Waals surface area contributed by atoms with Crippen LogP contribution in [0.1, 0.15) is 17.0 Å². The van der Waals surface area contributed by atoms with Gasteiger partial charge in [0.15, 0.2) is 0 Å². The van der Waals surface area contributed by atoms with Crippen molar-refractivity contribution in [2.45, 2.75) is 12.1 Å². The number of hydrogen-bond donors (Lipinski definition) is 0. The molecule has 0 saturated heterocycles.